The molecule has 1 aliphatic rings. The highest BCUT2D eigenvalue weighted by Crippen LogP contribution is 2.42. The Hall–Kier alpha value is -2.06. The minimum atomic E-state index is -0.882. The summed E-state index contributed by atoms with van der Waals surface area (Å²) in [5.74, 6) is -0.110. The number of hydrogen-bond acceptors (Lipinski definition) is 5. The third-order valence-electron chi connectivity index (χ3n) is 5.33. The molecular formula is C20H24F2N4OS. The lowest BCUT2D eigenvalue weighted by Crippen LogP contribution is -2.41. The molecule has 0 amide bonds. The van der Waals surface area contributed by atoms with Crippen molar-refractivity contribution in [3.05, 3.63) is 46.1 Å². The van der Waals surface area contributed by atoms with E-state index >= 15 is 0 Å². The van der Waals surface area contributed by atoms with Crippen LogP contribution in [-0.4, -0.2) is 37.7 Å². The van der Waals surface area contributed by atoms with Crippen LogP contribution in [0.15, 0.2) is 18.2 Å². The van der Waals surface area contributed by atoms with Gasteiger partial charge in [-0.25, -0.2) is 13.8 Å². The van der Waals surface area contributed by atoms with Crippen molar-refractivity contribution in [2.24, 2.45) is 11.8 Å². The average molecular weight is 407 g/mol. The van der Waals surface area contributed by atoms with Gasteiger partial charge in [-0.15, -0.1) is 5.10 Å². The van der Waals surface area contributed by atoms with E-state index in [0.29, 0.717) is 39.5 Å². The second-order valence-electron chi connectivity index (χ2n) is 7.84. The molecular weight excluding hydrogens is 382 g/mol. The van der Waals surface area contributed by atoms with E-state index in [2.05, 4.69) is 28.8 Å². The number of aromatic hydroxyl groups is 1. The highest BCUT2D eigenvalue weighted by molar-refractivity contribution is 7.17. The first-order valence-corrected chi connectivity index (χ1v) is 10.4. The van der Waals surface area contributed by atoms with Crippen LogP contribution in [-0.2, 0) is 6.42 Å². The molecule has 0 radical (unpaired) electrons. The number of aromatic nitrogens is 3. The molecule has 0 saturated carbocycles. The predicted octanol–water partition coefficient (Wildman–Crippen LogP) is 4.40. The van der Waals surface area contributed by atoms with Gasteiger partial charge in [0.15, 0.2) is 17.5 Å². The maximum absolute atomic E-state index is 14.0. The molecule has 150 valence electrons. The highest BCUT2D eigenvalue weighted by Gasteiger charge is 2.34. The number of piperidine rings is 1. The van der Waals surface area contributed by atoms with Gasteiger partial charge in [0.25, 0.3) is 0 Å². The number of nitrogens with zero attached hydrogens (tertiary/aromatic N) is 4. The van der Waals surface area contributed by atoms with E-state index in [0.717, 1.165) is 25.6 Å². The molecule has 0 aliphatic carbocycles. The SMILES string of the molecule is CCc1nc2sc([C@H](c3ccc(F)c(F)c3)N3C[C@H](C)C[C@H](C)C3)c(O)n2n1. The summed E-state index contributed by atoms with van der Waals surface area (Å²) < 4.78 is 29.0. The van der Waals surface area contributed by atoms with Crippen LogP contribution < -0.4 is 0 Å². The van der Waals surface area contributed by atoms with Crippen LogP contribution in [0.1, 0.15) is 49.5 Å². The number of likely N-dealkylation sites (tertiary alicyclic amines) is 1. The number of fused-ring (bicyclic) bond motifs is 1. The maximum Gasteiger partial charge on any atom is 0.230 e. The number of thiazole rings is 1. The number of rotatable bonds is 4. The Morgan fingerprint density at radius 3 is 2.54 bits per heavy atom. The zero-order valence-corrected chi connectivity index (χ0v) is 17.0. The first kappa shape index (κ1) is 19.3. The number of benzene rings is 1. The second-order valence-corrected chi connectivity index (χ2v) is 8.85. The van der Waals surface area contributed by atoms with Crippen molar-refractivity contribution < 1.29 is 13.9 Å². The van der Waals surface area contributed by atoms with Crippen molar-refractivity contribution in [1.29, 1.82) is 0 Å². The van der Waals surface area contributed by atoms with Crippen LogP contribution in [0, 0.1) is 23.5 Å². The lowest BCUT2D eigenvalue weighted by Gasteiger charge is -2.40. The molecule has 0 spiro atoms. The zero-order chi connectivity index (χ0) is 20.0. The minimum Gasteiger partial charge on any atom is -0.492 e. The fourth-order valence-electron chi connectivity index (χ4n) is 4.25. The first-order chi connectivity index (χ1) is 13.4. The van der Waals surface area contributed by atoms with E-state index < -0.39 is 11.6 Å². The Kier molecular flexibility index (Phi) is 5.09. The van der Waals surface area contributed by atoms with Crippen molar-refractivity contribution in [1.82, 2.24) is 19.5 Å². The molecule has 1 fully saturated rings. The molecule has 2 aromatic heterocycles. The van der Waals surface area contributed by atoms with Crippen LogP contribution >= 0.6 is 11.3 Å². The van der Waals surface area contributed by atoms with Crippen molar-refractivity contribution in [2.75, 3.05) is 13.1 Å². The largest absolute Gasteiger partial charge is 0.492 e. The van der Waals surface area contributed by atoms with Crippen LogP contribution in [0.2, 0.25) is 0 Å². The first-order valence-electron chi connectivity index (χ1n) is 9.63. The maximum atomic E-state index is 14.0. The Morgan fingerprint density at radius 1 is 1.21 bits per heavy atom. The summed E-state index contributed by atoms with van der Waals surface area (Å²) in [6.45, 7) is 7.99. The van der Waals surface area contributed by atoms with E-state index in [1.54, 1.807) is 6.07 Å². The van der Waals surface area contributed by atoms with Crippen molar-refractivity contribution in [2.45, 2.75) is 39.7 Å². The lowest BCUT2D eigenvalue weighted by molar-refractivity contribution is 0.111. The monoisotopic (exact) mass is 406 g/mol. The number of aryl methyl sites for hydroxylation is 1. The fourth-order valence-corrected chi connectivity index (χ4v) is 5.39. The molecule has 1 saturated heterocycles. The van der Waals surface area contributed by atoms with Gasteiger partial charge in [0.1, 0.15) is 0 Å². The summed E-state index contributed by atoms with van der Waals surface area (Å²) >= 11 is 1.35. The topological polar surface area (TPSA) is 53.7 Å². The van der Waals surface area contributed by atoms with Crippen LogP contribution in [0.25, 0.3) is 4.96 Å². The average Bonchev–Trinajstić information content (AvgIpc) is 3.17. The van der Waals surface area contributed by atoms with Crippen LogP contribution in [0.4, 0.5) is 8.78 Å². The van der Waals surface area contributed by atoms with Gasteiger partial charge < -0.3 is 5.11 Å². The van der Waals surface area contributed by atoms with Crippen LogP contribution in [0.5, 0.6) is 5.88 Å². The molecule has 0 bridgehead atoms. The van der Waals surface area contributed by atoms with Crippen molar-refractivity contribution in [3.63, 3.8) is 0 Å². The lowest BCUT2D eigenvalue weighted by atomic mass is 9.89. The molecule has 8 heteroatoms. The van der Waals surface area contributed by atoms with E-state index in [9.17, 15) is 13.9 Å². The van der Waals surface area contributed by atoms with E-state index in [-0.39, 0.29) is 11.9 Å². The summed E-state index contributed by atoms with van der Waals surface area (Å²) in [7, 11) is 0. The zero-order valence-electron chi connectivity index (χ0n) is 16.2. The van der Waals surface area contributed by atoms with Gasteiger partial charge in [-0.2, -0.15) is 4.52 Å². The molecule has 1 N–H and O–H groups in total. The Bertz CT molecular complexity index is 992. The summed E-state index contributed by atoms with van der Waals surface area (Å²) in [5.41, 5.74) is 0.621. The third kappa shape index (κ3) is 3.39. The summed E-state index contributed by atoms with van der Waals surface area (Å²) in [6, 6.07) is 3.60. The van der Waals surface area contributed by atoms with Gasteiger partial charge >= 0.3 is 0 Å². The number of hydrogen-bond donors (Lipinski definition) is 1. The molecule has 3 atom stereocenters. The number of halogens is 2. The Balaban J connectivity index is 1.83. The highest BCUT2D eigenvalue weighted by atomic mass is 32.1. The molecule has 4 rings (SSSR count). The molecule has 28 heavy (non-hydrogen) atoms. The Labute approximate surface area is 166 Å². The van der Waals surface area contributed by atoms with E-state index in [1.807, 2.05) is 6.92 Å². The minimum absolute atomic E-state index is 0.0211. The van der Waals surface area contributed by atoms with Gasteiger partial charge in [-0.3, -0.25) is 4.90 Å². The summed E-state index contributed by atoms with van der Waals surface area (Å²) in [4.78, 5) is 7.96. The van der Waals surface area contributed by atoms with Crippen molar-refractivity contribution in [3.8, 4) is 5.88 Å². The van der Waals surface area contributed by atoms with Crippen molar-refractivity contribution >= 4 is 16.3 Å². The van der Waals surface area contributed by atoms with Gasteiger partial charge in [-0.05, 0) is 36.0 Å². The molecule has 5 nitrogen and oxygen atoms in total. The fraction of sp³-hybridized carbons (Fsp3) is 0.500. The molecule has 3 aromatic rings. The second kappa shape index (κ2) is 7.40. The standard InChI is InChI=1S/C20H24F2N4OS/c1-4-16-23-20-26(24-16)19(27)18(28-20)17(13-5-6-14(21)15(22)8-13)25-9-11(2)7-12(3)10-25/h5-6,8,11-12,17,27H,4,7,9-10H2,1-3H3/t11-,12+,17-/m0/s1. The summed E-state index contributed by atoms with van der Waals surface area (Å²) in [5, 5.41) is 15.2. The van der Waals surface area contributed by atoms with Crippen LogP contribution in [0.3, 0.4) is 0 Å². The third-order valence-corrected chi connectivity index (χ3v) is 6.40. The Morgan fingerprint density at radius 2 is 1.93 bits per heavy atom. The van der Waals surface area contributed by atoms with Gasteiger partial charge in [0.05, 0.1) is 10.9 Å². The van der Waals surface area contributed by atoms with Gasteiger partial charge in [-0.1, -0.05) is 38.2 Å². The van der Waals surface area contributed by atoms with Gasteiger partial charge in [0, 0.05) is 19.5 Å². The molecule has 1 aromatic carbocycles. The molecule has 1 aliphatic heterocycles. The normalized spacial score (nSPS) is 22.0. The predicted molar refractivity (Wildman–Crippen MR) is 105 cm³/mol. The van der Waals surface area contributed by atoms with E-state index in [4.69, 9.17) is 0 Å². The quantitative estimate of drug-likeness (QED) is 0.698. The van der Waals surface area contributed by atoms with E-state index in [1.165, 1.54) is 21.9 Å². The molecule has 0 unspecified atom stereocenters. The summed E-state index contributed by atoms with van der Waals surface area (Å²) in [6.07, 6.45) is 1.80. The van der Waals surface area contributed by atoms with Gasteiger partial charge in [0.2, 0.25) is 10.8 Å². The smallest absolute Gasteiger partial charge is 0.230 e. The molecule has 3 heterocycles.